The highest BCUT2D eigenvalue weighted by Gasteiger charge is 2.18. The third kappa shape index (κ3) is 2.06. The summed E-state index contributed by atoms with van der Waals surface area (Å²) in [5, 5.41) is 2.16. The molecule has 120 valence electrons. The molecule has 0 aliphatic rings. The van der Waals surface area contributed by atoms with Crippen molar-refractivity contribution in [2.24, 2.45) is 0 Å². The smallest absolute Gasteiger partial charge is 0.170 e. The van der Waals surface area contributed by atoms with Crippen LogP contribution in [0.3, 0.4) is 0 Å². The number of anilines is 1. The number of nitrogens with one attached hydrogen (secondary N) is 1. The maximum absolute atomic E-state index is 6.08. The number of pyridine rings is 1. The van der Waals surface area contributed by atoms with Crippen LogP contribution in [0.1, 0.15) is 0 Å². The maximum atomic E-state index is 6.08. The highest BCUT2D eigenvalue weighted by atomic mass is 16.5. The van der Waals surface area contributed by atoms with Crippen molar-refractivity contribution in [3.63, 3.8) is 0 Å². The molecule has 0 fully saturated rings. The Morgan fingerprint density at radius 3 is 2.58 bits per heavy atom. The molecule has 0 aliphatic carbocycles. The molecule has 0 bridgehead atoms. The van der Waals surface area contributed by atoms with E-state index in [-0.39, 0.29) is 0 Å². The number of hydrogen-bond acceptors (Lipinski definition) is 4. The molecule has 0 spiro atoms. The molecule has 0 saturated heterocycles. The van der Waals surface area contributed by atoms with E-state index in [1.165, 1.54) is 0 Å². The first-order chi connectivity index (χ1) is 11.7. The van der Waals surface area contributed by atoms with Crippen LogP contribution in [0.25, 0.3) is 33.1 Å². The lowest BCUT2D eigenvalue weighted by atomic mass is 10.1. The number of H-pyrrole nitrogens is 1. The van der Waals surface area contributed by atoms with Crippen LogP contribution in [-0.2, 0) is 0 Å². The fraction of sp³-hybridized carbons (Fsp3) is 0.105. The van der Waals surface area contributed by atoms with Gasteiger partial charge in [0.25, 0.3) is 0 Å². The van der Waals surface area contributed by atoms with Gasteiger partial charge in [0, 0.05) is 21.9 Å². The number of aromatic amines is 1. The number of fused-ring (bicyclic) bond motifs is 3. The van der Waals surface area contributed by atoms with Gasteiger partial charge in [0.1, 0.15) is 11.5 Å². The van der Waals surface area contributed by atoms with E-state index in [2.05, 4.69) is 16.0 Å². The van der Waals surface area contributed by atoms with E-state index in [9.17, 15) is 0 Å². The molecule has 0 radical (unpaired) electrons. The molecule has 4 aromatic rings. The van der Waals surface area contributed by atoms with Gasteiger partial charge in [-0.2, -0.15) is 0 Å². The van der Waals surface area contributed by atoms with Crippen LogP contribution in [0.15, 0.2) is 48.5 Å². The quantitative estimate of drug-likeness (QED) is 0.599. The van der Waals surface area contributed by atoms with Crippen LogP contribution in [0, 0.1) is 0 Å². The van der Waals surface area contributed by atoms with E-state index in [0.717, 1.165) is 33.1 Å². The standard InChI is InChI=1S/C19H17N3O2/c1-23-15-9-5-7-12(19(15)24-2)17-18-13(10-16(20)22-17)11-6-3-4-8-14(11)21-18/h3-10,21H,1-2H3,(H2,20,22). The first-order valence-electron chi connectivity index (χ1n) is 7.61. The van der Waals surface area contributed by atoms with Crippen molar-refractivity contribution in [1.82, 2.24) is 9.97 Å². The average molecular weight is 319 g/mol. The number of aromatic nitrogens is 2. The molecule has 0 unspecified atom stereocenters. The average Bonchev–Trinajstić information content (AvgIpc) is 2.99. The van der Waals surface area contributed by atoms with Gasteiger partial charge in [-0.05, 0) is 24.3 Å². The Balaban J connectivity index is 2.11. The molecule has 4 rings (SSSR count). The van der Waals surface area contributed by atoms with Gasteiger partial charge in [0.05, 0.1) is 19.7 Å². The lowest BCUT2D eigenvalue weighted by molar-refractivity contribution is 0.356. The third-order valence-corrected chi connectivity index (χ3v) is 4.17. The Morgan fingerprint density at radius 2 is 1.79 bits per heavy atom. The molecule has 0 amide bonds. The summed E-state index contributed by atoms with van der Waals surface area (Å²) in [6.45, 7) is 0. The number of hydrogen-bond donors (Lipinski definition) is 2. The van der Waals surface area contributed by atoms with Gasteiger partial charge in [-0.25, -0.2) is 4.98 Å². The molecule has 0 atom stereocenters. The lowest BCUT2D eigenvalue weighted by Gasteiger charge is -2.13. The van der Waals surface area contributed by atoms with E-state index in [0.29, 0.717) is 17.3 Å². The summed E-state index contributed by atoms with van der Waals surface area (Å²) in [4.78, 5) is 8.01. The fourth-order valence-corrected chi connectivity index (χ4v) is 3.13. The van der Waals surface area contributed by atoms with Crippen LogP contribution in [-0.4, -0.2) is 24.2 Å². The summed E-state index contributed by atoms with van der Waals surface area (Å²) < 4.78 is 11.0. The molecule has 24 heavy (non-hydrogen) atoms. The van der Waals surface area contributed by atoms with Crippen LogP contribution in [0.5, 0.6) is 11.5 Å². The second kappa shape index (κ2) is 5.45. The third-order valence-electron chi connectivity index (χ3n) is 4.17. The molecular formula is C19H17N3O2. The van der Waals surface area contributed by atoms with E-state index >= 15 is 0 Å². The van der Waals surface area contributed by atoms with Crippen LogP contribution >= 0.6 is 0 Å². The molecule has 0 saturated carbocycles. The summed E-state index contributed by atoms with van der Waals surface area (Å²) in [5.41, 5.74) is 9.63. The Hall–Kier alpha value is -3.21. The van der Waals surface area contributed by atoms with Gasteiger partial charge < -0.3 is 20.2 Å². The minimum absolute atomic E-state index is 0.465. The molecule has 5 heteroatoms. The second-order valence-corrected chi connectivity index (χ2v) is 5.53. The summed E-state index contributed by atoms with van der Waals surface area (Å²) in [7, 11) is 3.24. The number of para-hydroxylation sites is 2. The van der Waals surface area contributed by atoms with Crippen LogP contribution in [0.4, 0.5) is 5.82 Å². The van der Waals surface area contributed by atoms with E-state index < -0.39 is 0 Å². The van der Waals surface area contributed by atoms with Crippen molar-refractivity contribution in [3.05, 3.63) is 48.5 Å². The molecule has 0 aliphatic heterocycles. The summed E-state index contributed by atoms with van der Waals surface area (Å²) in [6, 6.07) is 15.7. The first-order valence-corrected chi connectivity index (χ1v) is 7.61. The van der Waals surface area contributed by atoms with E-state index in [1.54, 1.807) is 14.2 Å². The number of nitrogens with two attached hydrogens (primary N) is 1. The number of nitrogen functional groups attached to an aromatic ring is 1. The van der Waals surface area contributed by atoms with Crippen LogP contribution in [0.2, 0.25) is 0 Å². The van der Waals surface area contributed by atoms with Gasteiger partial charge >= 0.3 is 0 Å². The molecule has 2 aromatic heterocycles. The zero-order chi connectivity index (χ0) is 16.7. The Morgan fingerprint density at radius 1 is 0.958 bits per heavy atom. The zero-order valence-corrected chi connectivity index (χ0v) is 13.5. The topological polar surface area (TPSA) is 73.2 Å². The number of methoxy groups -OCH3 is 2. The van der Waals surface area contributed by atoms with Crippen molar-refractivity contribution < 1.29 is 9.47 Å². The minimum Gasteiger partial charge on any atom is -0.493 e. The predicted molar refractivity (Wildman–Crippen MR) is 96.6 cm³/mol. The number of nitrogens with zero attached hydrogens (tertiary/aromatic N) is 1. The summed E-state index contributed by atoms with van der Waals surface area (Å²) in [5.74, 6) is 1.76. The van der Waals surface area contributed by atoms with Crippen molar-refractivity contribution in [3.8, 4) is 22.8 Å². The van der Waals surface area contributed by atoms with Gasteiger partial charge in [0.2, 0.25) is 0 Å². The second-order valence-electron chi connectivity index (χ2n) is 5.53. The molecule has 2 aromatic carbocycles. The fourth-order valence-electron chi connectivity index (χ4n) is 3.13. The van der Waals surface area contributed by atoms with Crippen molar-refractivity contribution in [2.45, 2.75) is 0 Å². The van der Waals surface area contributed by atoms with Gasteiger partial charge in [-0.1, -0.05) is 24.3 Å². The molecule has 5 nitrogen and oxygen atoms in total. The summed E-state index contributed by atoms with van der Waals surface area (Å²) in [6.07, 6.45) is 0. The highest BCUT2D eigenvalue weighted by Crippen LogP contribution is 2.41. The monoisotopic (exact) mass is 319 g/mol. The van der Waals surface area contributed by atoms with Gasteiger partial charge in [0.15, 0.2) is 11.5 Å². The highest BCUT2D eigenvalue weighted by molar-refractivity contribution is 6.12. The molecule has 2 heterocycles. The van der Waals surface area contributed by atoms with Crippen molar-refractivity contribution in [2.75, 3.05) is 20.0 Å². The van der Waals surface area contributed by atoms with Crippen molar-refractivity contribution in [1.29, 1.82) is 0 Å². The predicted octanol–water partition coefficient (Wildman–Crippen LogP) is 3.98. The Labute approximate surface area is 139 Å². The Bertz CT molecular complexity index is 1050. The summed E-state index contributed by atoms with van der Waals surface area (Å²) >= 11 is 0. The van der Waals surface area contributed by atoms with E-state index in [4.69, 9.17) is 15.2 Å². The minimum atomic E-state index is 0.465. The lowest BCUT2D eigenvalue weighted by Crippen LogP contribution is -1.97. The molecule has 3 N–H and O–H groups in total. The zero-order valence-electron chi connectivity index (χ0n) is 13.5. The van der Waals surface area contributed by atoms with Crippen LogP contribution < -0.4 is 15.2 Å². The largest absolute Gasteiger partial charge is 0.493 e. The van der Waals surface area contributed by atoms with Crippen molar-refractivity contribution >= 4 is 27.6 Å². The normalized spacial score (nSPS) is 11.1. The van der Waals surface area contributed by atoms with Gasteiger partial charge in [-0.3, -0.25) is 0 Å². The number of rotatable bonds is 3. The first kappa shape index (κ1) is 14.4. The maximum Gasteiger partial charge on any atom is 0.170 e. The van der Waals surface area contributed by atoms with E-state index in [1.807, 2.05) is 42.5 Å². The Kier molecular flexibility index (Phi) is 3.27. The molecular weight excluding hydrogens is 302 g/mol. The number of benzene rings is 2. The van der Waals surface area contributed by atoms with Gasteiger partial charge in [-0.15, -0.1) is 0 Å². The number of ether oxygens (including phenoxy) is 2. The SMILES string of the molecule is COc1cccc(-c2nc(N)cc3c2[nH]c2ccccc23)c1OC.